The number of carbonyl (C=O) groups excluding carboxylic acids is 3. The topological polar surface area (TPSA) is 97.0 Å². The Morgan fingerprint density at radius 1 is 0.971 bits per heavy atom. The Kier molecular flexibility index (Phi) is 5.86. The largest absolute Gasteiger partial charge is 0.454 e. The zero-order chi connectivity index (χ0) is 24.4. The average molecular weight is 472 g/mol. The summed E-state index contributed by atoms with van der Waals surface area (Å²) in [4.78, 5) is 40.9. The van der Waals surface area contributed by atoms with Crippen LogP contribution in [0.2, 0.25) is 0 Å². The van der Waals surface area contributed by atoms with Gasteiger partial charge in [-0.1, -0.05) is 66.7 Å². The maximum absolute atomic E-state index is 13.8. The van der Waals surface area contributed by atoms with Gasteiger partial charge in [-0.25, -0.2) is 9.69 Å². The monoisotopic (exact) mass is 471 g/mol. The van der Waals surface area contributed by atoms with Crippen LogP contribution in [0, 0.1) is 0 Å². The molecule has 0 spiro atoms. The van der Waals surface area contributed by atoms with Crippen LogP contribution in [0.15, 0.2) is 78.9 Å². The molecule has 2 aliphatic heterocycles. The molecule has 178 valence electrons. The van der Waals surface area contributed by atoms with Crippen molar-refractivity contribution in [3.63, 3.8) is 0 Å². The van der Waals surface area contributed by atoms with Crippen molar-refractivity contribution in [2.24, 2.45) is 0 Å². The number of amides is 4. The zero-order valence-corrected chi connectivity index (χ0v) is 19.2. The number of imide groups is 1. The lowest BCUT2D eigenvalue weighted by Crippen LogP contribution is -2.50. The Hall–Kier alpha value is -4.33. The molecule has 0 unspecified atom stereocenters. The van der Waals surface area contributed by atoms with Crippen LogP contribution in [0.3, 0.4) is 0 Å². The van der Waals surface area contributed by atoms with Gasteiger partial charge in [-0.15, -0.1) is 0 Å². The van der Waals surface area contributed by atoms with E-state index >= 15 is 0 Å². The molecule has 3 aromatic rings. The van der Waals surface area contributed by atoms with Gasteiger partial charge in [0.2, 0.25) is 12.7 Å². The lowest BCUT2D eigenvalue weighted by molar-refractivity contribution is -0.138. The molecule has 2 N–H and O–H groups in total. The molecule has 1 fully saturated rings. The van der Waals surface area contributed by atoms with E-state index in [2.05, 4.69) is 10.6 Å². The summed E-state index contributed by atoms with van der Waals surface area (Å²) in [6, 6.07) is 22.4. The van der Waals surface area contributed by atoms with E-state index in [-0.39, 0.29) is 19.8 Å². The van der Waals surface area contributed by atoms with Crippen molar-refractivity contribution in [2.45, 2.75) is 31.5 Å². The van der Waals surface area contributed by atoms with Crippen molar-refractivity contribution in [2.75, 3.05) is 6.79 Å². The molecule has 0 aliphatic carbocycles. The molecule has 0 radical (unpaired) electrons. The Morgan fingerprint density at radius 3 is 2.40 bits per heavy atom. The third-order valence-corrected chi connectivity index (χ3v) is 6.37. The Morgan fingerprint density at radius 2 is 1.66 bits per heavy atom. The van der Waals surface area contributed by atoms with E-state index in [4.69, 9.17) is 9.47 Å². The number of hydrogen-bond donors (Lipinski definition) is 2. The summed E-state index contributed by atoms with van der Waals surface area (Å²) in [5.41, 5.74) is 1.07. The van der Waals surface area contributed by atoms with Gasteiger partial charge >= 0.3 is 6.03 Å². The van der Waals surface area contributed by atoms with Crippen LogP contribution < -0.4 is 20.1 Å². The number of urea groups is 1. The van der Waals surface area contributed by atoms with E-state index in [0.29, 0.717) is 17.1 Å². The molecular formula is C27H25N3O5. The van der Waals surface area contributed by atoms with Crippen molar-refractivity contribution in [3.8, 4) is 11.5 Å². The molecule has 8 nitrogen and oxygen atoms in total. The molecule has 3 aromatic carbocycles. The van der Waals surface area contributed by atoms with Gasteiger partial charge in [0.05, 0.1) is 0 Å². The lowest BCUT2D eigenvalue weighted by Gasteiger charge is -2.28. The molecule has 1 saturated heterocycles. The van der Waals surface area contributed by atoms with Crippen LogP contribution in [-0.4, -0.2) is 35.6 Å². The summed E-state index contributed by atoms with van der Waals surface area (Å²) < 4.78 is 10.7. The van der Waals surface area contributed by atoms with Gasteiger partial charge in [-0.05, 0) is 35.7 Å². The predicted octanol–water partition coefficient (Wildman–Crippen LogP) is 3.11. The molecule has 0 bridgehead atoms. The Labute approximate surface area is 202 Å². The summed E-state index contributed by atoms with van der Waals surface area (Å²) in [5, 5.41) is 5.71. The molecule has 5 rings (SSSR count). The molecule has 4 amide bonds. The van der Waals surface area contributed by atoms with Crippen molar-refractivity contribution < 1.29 is 23.9 Å². The first-order valence-corrected chi connectivity index (χ1v) is 11.4. The quantitative estimate of drug-likeness (QED) is 0.516. The number of nitrogens with zero attached hydrogens (tertiary/aromatic N) is 1. The first kappa shape index (κ1) is 22.5. The van der Waals surface area contributed by atoms with Crippen molar-refractivity contribution >= 4 is 17.8 Å². The van der Waals surface area contributed by atoms with Crippen molar-refractivity contribution in [1.82, 2.24) is 15.5 Å². The van der Waals surface area contributed by atoms with Crippen LogP contribution in [0.25, 0.3) is 0 Å². The van der Waals surface area contributed by atoms with Gasteiger partial charge in [0.25, 0.3) is 5.91 Å². The van der Waals surface area contributed by atoms with E-state index in [0.717, 1.165) is 16.0 Å². The standard InChI is InChI=1S/C27H25N3O5/c1-18(24(31)28-16-20-12-13-22-23(14-20)35-17-34-22)30-25(32)27(29-26(30)33,21-10-6-3-7-11-21)15-19-8-4-2-5-9-19/h2-14,18H,15-17H2,1H3,(H,28,31)(H,29,33)/t18-,27+/m0/s1. The molecular weight excluding hydrogens is 446 g/mol. The Bertz CT molecular complexity index is 1260. The van der Waals surface area contributed by atoms with E-state index in [1.807, 2.05) is 66.7 Å². The van der Waals surface area contributed by atoms with Gasteiger partial charge in [0.15, 0.2) is 17.0 Å². The van der Waals surface area contributed by atoms with Crippen LogP contribution in [0.5, 0.6) is 11.5 Å². The second kappa shape index (κ2) is 9.13. The minimum atomic E-state index is -1.30. The molecule has 2 aliphatic rings. The summed E-state index contributed by atoms with van der Waals surface area (Å²) in [5.74, 6) is 0.383. The highest BCUT2D eigenvalue weighted by molar-refractivity contribution is 6.10. The maximum Gasteiger partial charge on any atom is 0.326 e. The predicted molar refractivity (Wildman–Crippen MR) is 128 cm³/mol. The van der Waals surface area contributed by atoms with E-state index < -0.39 is 29.4 Å². The maximum atomic E-state index is 13.8. The van der Waals surface area contributed by atoms with E-state index in [1.165, 1.54) is 0 Å². The van der Waals surface area contributed by atoms with Crippen molar-refractivity contribution in [1.29, 1.82) is 0 Å². The smallest absolute Gasteiger partial charge is 0.326 e. The van der Waals surface area contributed by atoms with E-state index in [1.54, 1.807) is 19.1 Å². The van der Waals surface area contributed by atoms with Crippen LogP contribution in [0.4, 0.5) is 4.79 Å². The average Bonchev–Trinajstić information content (AvgIpc) is 3.45. The first-order chi connectivity index (χ1) is 17.0. The SMILES string of the molecule is C[C@@H](C(=O)NCc1ccc2c(c1)OCO2)N1C(=O)N[C@](Cc2ccccc2)(c2ccccc2)C1=O. The molecule has 0 aromatic heterocycles. The number of fused-ring (bicyclic) bond motifs is 1. The minimum Gasteiger partial charge on any atom is -0.454 e. The second-order valence-corrected chi connectivity index (χ2v) is 8.62. The van der Waals surface area contributed by atoms with Gasteiger partial charge < -0.3 is 20.1 Å². The van der Waals surface area contributed by atoms with Crippen molar-refractivity contribution in [3.05, 3.63) is 95.6 Å². The highest BCUT2D eigenvalue weighted by Gasteiger charge is 2.54. The lowest BCUT2D eigenvalue weighted by atomic mass is 9.83. The summed E-state index contributed by atoms with van der Waals surface area (Å²) in [6.07, 6.45) is 0.268. The fourth-order valence-electron chi connectivity index (χ4n) is 4.49. The van der Waals surface area contributed by atoms with Crippen LogP contribution in [0.1, 0.15) is 23.6 Å². The number of nitrogens with one attached hydrogen (secondary N) is 2. The first-order valence-electron chi connectivity index (χ1n) is 11.4. The third-order valence-electron chi connectivity index (χ3n) is 6.37. The number of rotatable bonds is 7. The fourth-order valence-corrected chi connectivity index (χ4v) is 4.49. The summed E-state index contributed by atoms with van der Waals surface area (Å²) >= 11 is 0. The molecule has 2 heterocycles. The number of hydrogen-bond acceptors (Lipinski definition) is 5. The minimum absolute atomic E-state index is 0.167. The highest BCUT2D eigenvalue weighted by atomic mass is 16.7. The highest BCUT2D eigenvalue weighted by Crippen LogP contribution is 2.34. The molecule has 2 atom stereocenters. The molecule has 0 saturated carbocycles. The Balaban J connectivity index is 1.36. The van der Waals surface area contributed by atoms with Gasteiger partial charge in [-0.2, -0.15) is 0 Å². The molecule has 8 heteroatoms. The fraction of sp³-hybridized carbons (Fsp3) is 0.222. The normalized spacial score (nSPS) is 19.4. The number of ether oxygens (including phenoxy) is 2. The molecule has 35 heavy (non-hydrogen) atoms. The summed E-state index contributed by atoms with van der Waals surface area (Å²) in [6.45, 7) is 1.94. The number of benzene rings is 3. The zero-order valence-electron chi connectivity index (χ0n) is 19.2. The van der Waals surface area contributed by atoms with Gasteiger partial charge in [0, 0.05) is 13.0 Å². The van der Waals surface area contributed by atoms with Crippen LogP contribution in [-0.2, 0) is 28.1 Å². The van der Waals surface area contributed by atoms with Crippen LogP contribution >= 0.6 is 0 Å². The van der Waals surface area contributed by atoms with Gasteiger partial charge in [0.1, 0.15) is 6.04 Å². The number of carbonyl (C=O) groups is 3. The van der Waals surface area contributed by atoms with Gasteiger partial charge in [-0.3, -0.25) is 9.59 Å². The summed E-state index contributed by atoms with van der Waals surface area (Å²) in [7, 11) is 0. The third kappa shape index (κ3) is 4.19. The van der Waals surface area contributed by atoms with E-state index in [9.17, 15) is 14.4 Å². The second-order valence-electron chi connectivity index (χ2n) is 8.62.